The van der Waals surface area contributed by atoms with Crippen molar-refractivity contribution in [3.63, 3.8) is 0 Å². The highest BCUT2D eigenvalue weighted by Crippen LogP contribution is 2.30. The number of benzene rings is 1. The normalized spacial score (nSPS) is 12.2. The Kier molecular flexibility index (Phi) is 5.49. The Morgan fingerprint density at radius 2 is 2.06 bits per heavy atom. The number of hydrogen-bond donors (Lipinski definition) is 1. The molecule has 0 heterocycles. The molecule has 0 saturated heterocycles. The van der Waals surface area contributed by atoms with Crippen LogP contribution in [0.15, 0.2) is 18.2 Å². The van der Waals surface area contributed by atoms with E-state index in [1.165, 1.54) is 0 Å². The summed E-state index contributed by atoms with van der Waals surface area (Å²) in [6, 6.07) is 6.16. The smallest absolute Gasteiger partial charge is 0.123 e. The van der Waals surface area contributed by atoms with Crippen molar-refractivity contribution in [1.29, 1.82) is 0 Å². The van der Waals surface area contributed by atoms with Crippen molar-refractivity contribution in [3.8, 4) is 11.5 Å². The van der Waals surface area contributed by atoms with Crippen LogP contribution in [0.5, 0.6) is 11.5 Å². The molecule has 1 aromatic carbocycles. The van der Waals surface area contributed by atoms with Gasteiger partial charge in [-0.05, 0) is 31.5 Å². The maximum atomic E-state index is 5.37. The summed E-state index contributed by atoms with van der Waals surface area (Å²) in [5.41, 5.74) is 1.14. The van der Waals surface area contributed by atoms with Gasteiger partial charge in [-0.2, -0.15) is 11.8 Å². The Morgan fingerprint density at radius 3 is 2.56 bits per heavy atom. The SMILES string of the molecule is CNC(CSC)c1cc(OC)ccc1OC. The molecule has 0 saturated carbocycles. The van der Waals surface area contributed by atoms with Gasteiger partial charge in [-0.15, -0.1) is 0 Å². The second kappa shape index (κ2) is 6.66. The van der Waals surface area contributed by atoms with E-state index in [1.54, 1.807) is 26.0 Å². The van der Waals surface area contributed by atoms with E-state index in [-0.39, 0.29) is 6.04 Å². The van der Waals surface area contributed by atoms with Crippen molar-refractivity contribution in [3.05, 3.63) is 23.8 Å². The Balaban J connectivity index is 3.05. The summed E-state index contributed by atoms with van der Waals surface area (Å²) in [5.74, 6) is 2.76. The molecule has 1 rings (SSSR count). The number of hydrogen-bond acceptors (Lipinski definition) is 4. The van der Waals surface area contributed by atoms with Gasteiger partial charge in [-0.3, -0.25) is 0 Å². The number of ether oxygens (including phenoxy) is 2. The van der Waals surface area contributed by atoms with Crippen LogP contribution in [0.25, 0.3) is 0 Å². The van der Waals surface area contributed by atoms with Crippen molar-refractivity contribution in [1.82, 2.24) is 5.32 Å². The summed E-state index contributed by atoms with van der Waals surface area (Å²) in [6.07, 6.45) is 2.09. The molecule has 1 N–H and O–H groups in total. The van der Waals surface area contributed by atoms with E-state index < -0.39 is 0 Å². The predicted octanol–water partition coefficient (Wildman–Crippen LogP) is 2.33. The van der Waals surface area contributed by atoms with Gasteiger partial charge in [0.25, 0.3) is 0 Å². The summed E-state index contributed by atoms with van der Waals surface area (Å²) in [5, 5.41) is 3.29. The molecule has 0 aliphatic carbocycles. The molecule has 90 valence electrons. The van der Waals surface area contributed by atoms with Crippen LogP contribution in [0.2, 0.25) is 0 Å². The van der Waals surface area contributed by atoms with Crippen LogP contribution in [0.4, 0.5) is 0 Å². The lowest BCUT2D eigenvalue weighted by molar-refractivity contribution is 0.394. The quantitative estimate of drug-likeness (QED) is 0.828. The third-order valence-corrected chi connectivity index (χ3v) is 3.16. The third kappa shape index (κ3) is 3.06. The Hall–Kier alpha value is -0.870. The van der Waals surface area contributed by atoms with Gasteiger partial charge in [0.2, 0.25) is 0 Å². The van der Waals surface area contributed by atoms with Gasteiger partial charge in [0.15, 0.2) is 0 Å². The fourth-order valence-corrected chi connectivity index (χ4v) is 2.29. The molecule has 0 radical (unpaired) electrons. The molecule has 0 bridgehead atoms. The zero-order valence-electron chi connectivity index (χ0n) is 10.2. The molecule has 1 atom stereocenters. The van der Waals surface area contributed by atoms with Crippen molar-refractivity contribution in [2.75, 3.05) is 33.3 Å². The van der Waals surface area contributed by atoms with Gasteiger partial charge >= 0.3 is 0 Å². The molecule has 1 aromatic rings. The number of thioether (sulfide) groups is 1. The van der Waals surface area contributed by atoms with Gasteiger partial charge in [-0.25, -0.2) is 0 Å². The summed E-state index contributed by atoms with van der Waals surface area (Å²) < 4.78 is 10.6. The standard InChI is InChI=1S/C12H19NO2S/c1-13-11(8-16-4)10-7-9(14-2)5-6-12(10)15-3/h5-7,11,13H,8H2,1-4H3. The van der Waals surface area contributed by atoms with E-state index in [0.29, 0.717) is 0 Å². The van der Waals surface area contributed by atoms with Crippen LogP contribution < -0.4 is 14.8 Å². The molecular weight excluding hydrogens is 222 g/mol. The lowest BCUT2D eigenvalue weighted by Gasteiger charge is -2.19. The molecule has 16 heavy (non-hydrogen) atoms. The number of nitrogens with one attached hydrogen (secondary N) is 1. The second-order valence-corrected chi connectivity index (χ2v) is 4.32. The minimum Gasteiger partial charge on any atom is -0.497 e. The molecular formula is C12H19NO2S. The lowest BCUT2D eigenvalue weighted by atomic mass is 10.1. The molecule has 0 spiro atoms. The molecule has 0 aliphatic rings. The molecule has 4 heteroatoms. The van der Waals surface area contributed by atoms with Gasteiger partial charge in [0.1, 0.15) is 11.5 Å². The van der Waals surface area contributed by atoms with E-state index in [9.17, 15) is 0 Å². The summed E-state index contributed by atoms with van der Waals surface area (Å²) in [4.78, 5) is 0. The first-order chi connectivity index (χ1) is 7.76. The van der Waals surface area contributed by atoms with Crippen LogP contribution in [0.3, 0.4) is 0 Å². The van der Waals surface area contributed by atoms with Crippen molar-refractivity contribution in [2.45, 2.75) is 6.04 Å². The first-order valence-electron chi connectivity index (χ1n) is 5.15. The predicted molar refractivity (Wildman–Crippen MR) is 69.7 cm³/mol. The topological polar surface area (TPSA) is 30.5 Å². The highest BCUT2D eigenvalue weighted by atomic mass is 32.2. The fourth-order valence-electron chi connectivity index (χ4n) is 1.61. The van der Waals surface area contributed by atoms with Crippen LogP contribution in [0, 0.1) is 0 Å². The Morgan fingerprint density at radius 1 is 1.31 bits per heavy atom. The molecule has 0 aliphatic heterocycles. The highest BCUT2D eigenvalue weighted by molar-refractivity contribution is 7.98. The van der Waals surface area contributed by atoms with E-state index in [0.717, 1.165) is 22.8 Å². The zero-order valence-corrected chi connectivity index (χ0v) is 11.1. The van der Waals surface area contributed by atoms with Crippen LogP contribution in [-0.2, 0) is 0 Å². The monoisotopic (exact) mass is 241 g/mol. The maximum Gasteiger partial charge on any atom is 0.123 e. The molecule has 3 nitrogen and oxygen atoms in total. The summed E-state index contributed by atoms with van der Waals surface area (Å²) >= 11 is 1.80. The maximum absolute atomic E-state index is 5.37. The van der Waals surface area contributed by atoms with Crippen LogP contribution in [-0.4, -0.2) is 33.3 Å². The Labute approximate surface area is 102 Å². The van der Waals surface area contributed by atoms with E-state index >= 15 is 0 Å². The summed E-state index contributed by atoms with van der Waals surface area (Å²) in [6.45, 7) is 0. The lowest BCUT2D eigenvalue weighted by Crippen LogP contribution is -2.19. The van der Waals surface area contributed by atoms with Crippen molar-refractivity contribution >= 4 is 11.8 Å². The average molecular weight is 241 g/mol. The van der Waals surface area contributed by atoms with Gasteiger partial charge in [-0.1, -0.05) is 0 Å². The van der Waals surface area contributed by atoms with E-state index in [4.69, 9.17) is 9.47 Å². The highest BCUT2D eigenvalue weighted by Gasteiger charge is 2.14. The second-order valence-electron chi connectivity index (χ2n) is 3.40. The van der Waals surface area contributed by atoms with Crippen molar-refractivity contribution < 1.29 is 9.47 Å². The first kappa shape index (κ1) is 13.2. The van der Waals surface area contributed by atoms with Crippen LogP contribution >= 0.6 is 11.8 Å². The largest absolute Gasteiger partial charge is 0.497 e. The average Bonchev–Trinajstić information content (AvgIpc) is 2.35. The molecule has 0 amide bonds. The minimum atomic E-state index is 0.278. The van der Waals surface area contributed by atoms with E-state index in [2.05, 4.69) is 11.6 Å². The fraction of sp³-hybridized carbons (Fsp3) is 0.500. The van der Waals surface area contributed by atoms with Crippen LogP contribution in [0.1, 0.15) is 11.6 Å². The number of methoxy groups -OCH3 is 2. The van der Waals surface area contributed by atoms with Gasteiger partial charge in [0, 0.05) is 17.4 Å². The number of rotatable bonds is 6. The Bertz CT molecular complexity index is 331. The van der Waals surface area contributed by atoms with Gasteiger partial charge in [0.05, 0.1) is 14.2 Å². The van der Waals surface area contributed by atoms with E-state index in [1.807, 2.05) is 25.2 Å². The van der Waals surface area contributed by atoms with Gasteiger partial charge < -0.3 is 14.8 Å². The minimum absolute atomic E-state index is 0.278. The van der Waals surface area contributed by atoms with Crippen molar-refractivity contribution in [2.24, 2.45) is 0 Å². The first-order valence-corrected chi connectivity index (χ1v) is 6.54. The summed E-state index contributed by atoms with van der Waals surface area (Å²) in [7, 11) is 5.32. The molecule has 0 aromatic heterocycles. The molecule has 0 fully saturated rings. The molecule has 1 unspecified atom stereocenters. The third-order valence-electron chi connectivity index (χ3n) is 2.49. The zero-order chi connectivity index (χ0) is 12.0.